The summed E-state index contributed by atoms with van der Waals surface area (Å²) in [6.45, 7) is 15.1. The van der Waals surface area contributed by atoms with E-state index in [0.29, 0.717) is 12.5 Å². The smallest absolute Gasteiger partial charge is 0.0956 e. The summed E-state index contributed by atoms with van der Waals surface area (Å²) in [6, 6.07) is 0.232. The Kier molecular flexibility index (Phi) is 5.53. The molecule has 0 aliphatic heterocycles. The van der Waals surface area contributed by atoms with Crippen molar-refractivity contribution in [1.82, 2.24) is 10.3 Å². The van der Waals surface area contributed by atoms with Crippen molar-refractivity contribution < 1.29 is 5.11 Å². The largest absolute Gasteiger partial charge is 0.389 e. The summed E-state index contributed by atoms with van der Waals surface area (Å²) in [5.41, 5.74) is 0.436. The van der Waals surface area contributed by atoms with Gasteiger partial charge in [0.2, 0.25) is 0 Å². The Morgan fingerprint density at radius 1 is 1.26 bits per heavy atom. The van der Waals surface area contributed by atoms with Gasteiger partial charge in [-0.05, 0) is 26.7 Å². The van der Waals surface area contributed by atoms with Crippen LogP contribution in [0.4, 0.5) is 0 Å². The van der Waals surface area contributed by atoms with Crippen molar-refractivity contribution in [2.75, 3.05) is 6.54 Å². The number of hydrogen-bond donors (Lipinski definition) is 2. The standard InChI is InChI=1S/C15H28N2OS/c1-9(2)14-17-12(6)13(19-14)11(5)16-8-15(7,18)10(3)4/h9-11,16,18H,8H2,1-7H3. The SMILES string of the molecule is Cc1nc(C(C)C)sc1C(C)NCC(C)(O)C(C)C. The van der Waals surface area contributed by atoms with Crippen LogP contribution in [0.1, 0.15) is 69.1 Å². The Morgan fingerprint density at radius 2 is 1.84 bits per heavy atom. The van der Waals surface area contributed by atoms with Gasteiger partial charge in [-0.25, -0.2) is 4.98 Å². The van der Waals surface area contributed by atoms with E-state index in [1.54, 1.807) is 11.3 Å². The van der Waals surface area contributed by atoms with Gasteiger partial charge in [-0.1, -0.05) is 27.7 Å². The van der Waals surface area contributed by atoms with Gasteiger partial charge < -0.3 is 10.4 Å². The molecule has 2 atom stereocenters. The highest BCUT2D eigenvalue weighted by atomic mass is 32.1. The molecule has 2 unspecified atom stereocenters. The van der Waals surface area contributed by atoms with Gasteiger partial charge in [0.15, 0.2) is 0 Å². The maximum atomic E-state index is 10.3. The number of nitrogens with zero attached hydrogens (tertiary/aromatic N) is 1. The average molecular weight is 284 g/mol. The molecule has 4 heteroatoms. The van der Waals surface area contributed by atoms with Crippen molar-refractivity contribution >= 4 is 11.3 Å². The first-order valence-corrected chi connectivity index (χ1v) is 7.89. The van der Waals surface area contributed by atoms with E-state index in [1.807, 2.05) is 20.8 Å². The highest BCUT2D eigenvalue weighted by Gasteiger charge is 2.26. The third kappa shape index (κ3) is 4.26. The van der Waals surface area contributed by atoms with Gasteiger partial charge in [-0.3, -0.25) is 0 Å². The van der Waals surface area contributed by atoms with E-state index in [1.165, 1.54) is 9.88 Å². The van der Waals surface area contributed by atoms with Crippen LogP contribution < -0.4 is 5.32 Å². The van der Waals surface area contributed by atoms with Crippen molar-refractivity contribution in [2.45, 2.75) is 66.0 Å². The van der Waals surface area contributed by atoms with Gasteiger partial charge in [0, 0.05) is 23.4 Å². The predicted octanol–water partition coefficient (Wildman–Crippen LogP) is 3.63. The van der Waals surface area contributed by atoms with Crippen LogP contribution in [0.3, 0.4) is 0 Å². The zero-order valence-corrected chi connectivity index (χ0v) is 14.1. The number of aryl methyl sites for hydroxylation is 1. The second-order valence-electron chi connectivity index (χ2n) is 6.27. The zero-order valence-electron chi connectivity index (χ0n) is 13.2. The van der Waals surface area contributed by atoms with E-state index in [2.05, 4.69) is 38.0 Å². The zero-order chi connectivity index (χ0) is 14.8. The van der Waals surface area contributed by atoms with E-state index in [-0.39, 0.29) is 12.0 Å². The number of aliphatic hydroxyl groups is 1. The van der Waals surface area contributed by atoms with Gasteiger partial charge >= 0.3 is 0 Å². The van der Waals surface area contributed by atoms with E-state index in [9.17, 15) is 5.11 Å². The fraction of sp³-hybridized carbons (Fsp3) is 0.800. The molecule has 0 aromatic carbocycles. The summed E-state index contributed by atoms with van der Waals surface area (Å²) >= 11 is 1.78. The molecule has 3 nitrogen and oxygen atoms in total. The van der Waals surface area contributed by atoms with Crippen LogP contribution in [-0.4, -0.2) is 22.2 Å². The molecule has 2 N–H and O–H groups in total. The fourth-order valence-corrected chi connectivity index (χ4v) is 2.83. The van der Waals surface area contributed by atoms with Gasteiger partial charge in [0.1, 0.15) is 0 Å². The molecule has 0 spiro atoms. The lowest BCUT2D eigenvalue weighted by Crippen LogP contribution is -2.42. The van der Waals surface area contributed by atoms with Gasteiger partial charge in [0.25, 0.3) is 0 Å². The minimum Gasteiger partial charge on any atom is -0.389 e. The fourth-order valence-electron chi connectivity index (χ4n) is 1.73. The van der Waals surface area contributed by atoms with E-state index in [0.717, 1.165) is 5.69 Å². The lowest BCUT2D eigenvalue weighted by Gasteiger charge is -2.29. The number of rotatable bonds is 6. The summed E-state index contributed by atoms with van der Waals surface area (Å²) in [5.74, 6) is 0.712. The first-order chi connectivity index (χ1) is 8.65. The van der Waals surface area contributed by atoms with Crippen molar-refractivity contribution in [3.8, 4) is 0 Å². The van der Waals surface area contributed by atoms with Crippen LogP contribution in [-0.2, 0) is 0 Å². The molecule has 0 radical (unpaired) electrons. The Bertz CT molecular complexity index is 410. The van der Waals surface area contributed by atoms with Gasteiger partial charge in [0.05, 0.1) is 16.3 Å². The minimum atomic E-state index is -0.673. The topological polar surface area (TPSA) is 45.2 Å². The number of hydrogen-bond acceptors (Lipinski definition) is 4. The molecule has 0 fully saturated rings. The summed E-state index contributed by atoms with van der Waals surface area (Å²) < 4.78 is 0. The summed E-state index contributed by atoms with van der Waals surface area (Å²) in [6.07, 6.45) is 0. The van der Waals surface area contributed by atoms with E-state index < -0.39 is 5.60 Å². The lowest BCUT2D eigenvalue weighted by molar-refractivity contribution is 0.0122. The van der Waals surface area contributed by atoms with Crippen LogP contribution in [0.25, 0.3) is 0 Å². The molecule has 0 amide bonds. The highest BCUT2D eigenvalue weighted by molar-refractivity contribution is 7.11. The highest BCUT2D eigenvalue weighted by Crippen LogP contribution is 2.29. The summed E-state index contributed by atoms with van der Waals surface area (Å²) in [7, 11) is 0. The molecule has 0 aliphatic rings. The third-order valence-electron chi connectivity index (χ3n) is 3.75. The molecule has 1 rings (SSSR count). The predicted molar refractivity (Wildman–Crippen MR) is 82.8 cm³/mol. The molecule has 110 valence electrons. The second-order valence-corrected chi connectivity index (χ2v) is 7.33. The lowest BCUT2D eigenvalue weighted by atomic mass is 9.92. The molecule has 19 heavy (non-hydrogen) atoms. The van der Waals surface area contributed by atoms with Crippen LogP contribution in [0.2, 0.25) is 0 Å². The number of thiazole rings is 1. The van der Waals surface area contributed by atoms with Crippen molar-refractivity contribution in [3.63, 3.8) is 0 Å². The molecule has 0 bridgehead atoms. The molecule has 1 aromatic heterocycles. The summed E-state index contributed by atoms with van der Waals surface area (Å²) in [5, 5.41) is 14.9. The molecular weight excluding hydrogens is 256 g/mol. The maximum Gasteiger partial charge on any atom is 0.0956 e. The molecule has 0 saturated heterocycles. The van der Waals surface area contributed by atoms with Crippen molar-refractivity contribution in [3.05, 3.63) is 15.6 Å². The third-order valence-corrected chi connectivity index (χ3v) is 5.39. The first kappa shape index (κ1) is 16.6. The Balaban J connectivity index is 2.71. The minimum absolute atomic E-state index is 0.232. The maximum absolute atomic E-state index is 10.3. The monoisotopic (exact) mass is 284 g/mol. The van der Waals surface area contributed by atoms with Gasteiger partial charge in [-0.2, -0.15) is 0 Å². The molecule has 0 saturated carbocycles. The molecular formula is C15H28N2OS. The Morgan fingerprint density at radius 3 is 2.26 bits per heavy atom. The number of nitrogens with one attached hydrogen (secondary N) is 1. The van der Waals surface area contributed by atoms with Crippen molar-refractivity contribution in [2.24, 2.45) is 5.92 Å². The van der Waals surface area contributed by atoms with Gasteiger partial charge in [-0.15, -0.1) is 11.3 Å². The van der Waals surface area contributed by atoms with Crippen LogP contribution in [0.5, 0.6) is 0 Å². The van der Waals surface area contributed by atoms with Crippen LogP contribution >= 0.6 is 11.3 Å². The van der Waals surface area contributed by atoms with E-state index in [4.69, 9.17) is 0 Å². The first-order valence-electron chi connectivity index (χ1n) is 7.08. The normalized spacial score (nSPS) is 16.9. The molecule has 0 aliphatic carbocycles. The van der Waals surface area contributed by atoms with E-state index >= 15 is 0 Å². The Labute approximate surface area is 121 Å². The van der Waals surface area contributed by atoms with Crippen LogP contribution in [0.15, 0.2) is 0 Å². The molecule has 1 heterocycles. The number of aromatic nitrogens is 1. The molecule has 1 aromatic rings. The Hall–Kier alpha value is -0.450. The quantitative estimate of drug-likeness (QED) is 0.838. The second kappa shape index (κ2) is 6.33. The van der Waals surface area contributed by atoms with Crippen molar-refractivity contribution in [1.29, 1.82) is 0 Å². The van der Waals surface area contributed by atoms with Crippen LogP contribution in [0, 0.1) is 12.8 Å². The summed E-state index contributed by atoms with van der Waals surface area (Å²) in [4.78, 5) is 5.91. The average Bonchev–Trinajstić information content (AvgIpc) is 2.68.